The summed E-state index contributed by atoms with van der Waals surface area (Å²) in [4.78, 5) is 23.6. The van der Waals surface area contributed by atoms with E-state index >= 15 is 0 Å². The monoisotopic (exact) mass is 403 g/mol. The third-order valence-corrected chi connectivity index (χ3v) is 4.95. The highest BCUT2D eigenvalue weighted by atomic mass is 79.9. The van der Waals surface area contributed by atoms with Crippen LogP contribution >= 0.6 is 31.9 Å². The molecule has 1 aromatic carbocycles. The molecule has 0 aromatic heterocycles. The quantitative estimate of drug-likeness (QED) is 0.798. The molecule has 0 bridgehead atoms. The molecular formula is C14H15Br2NO3. The van der Waals surface area contributed by atoms with Crippen molar-refractivity contribution >= 4 is 49.4 Å². The van der Waals surface area contributed by atoms with E-state index in [2.05, 4.69) is 37.2 Å². The lowest BCUT2D eigenvalue weighted by Gasteiger charge is -2.27. The van der Waals surface area contributed by atoms with E-state index in [-0.39, 0.29) is 5.91 Å². The summed E-state index contributed by atoms with van der Waals surface area (Å²) >= 11 is 6.77. The molecule has 2 atom stereocenters. The molecule has 2 rings (SSSR count). The normalized spacial score (nSPS) is 22.3. The lowest BCUT2D eigenvalue weighted by molar-refractivity contribution is -0.147. The Balaban J connectivity index is 2.16. The summed E-state index contributed by atoms with van der Waals surface area (Å²) in [5.74, 6) is -2.13. The van der Waals surface area contributed by atoms with E-state index < -0.39 is 17.8 Å². The molecule has 0 radical (unpaired) electrons. The van der Waals surface area contributed by atoms with Crippen LogP contribution in [-0.2, 0) is 9.59 Å². The maximum Gasteiger partial charge on any atom is 0.307 e. The van der Waals surface area contributed by atoms with Gasteiger partial charge in [-0.25, -0.2) is 0 Å². The Labute approximate surface area is 134 Å². The summed E-state index contributed by atoms with van der Waals surface area (Å²) in [6.07, 6.45) is 2.98. The summed E-state index contributed by atoms with van der Waals surface area (Å²) in [6.45, 7) is 0. The van der Waals surface area contributed by atoms with Crippen LogP contribution in [0, 0.1) is 11.8 Å². The highest BCUT2D eigenvalue weighted by molar-refractivity contribution is 9.11. The number of benzene rings is 1. The fourth-order valence-electron chi connectivity index (χ4n) is 2.57. The first-order valence-corrected chi connectivity index (χ1v) is 8.07. The summed E-state index contributed by atoms with van der Waals surface area (Å²) in [5.41, 5.74) is 0.646. The first-order valence-electron chi connectivity index (χ1n) is 6.48. The fourth-order valence-corrected chi connectivity index (χ4v) is 3.77. The number of nitrogens with one attached hydrogen (secondary N) is 1. The Morgan fingerprint density at radius 1 is 1.10 bits per heavy atom. The molecule has 0 spiro atoms. The highest BCUT2D eigenvalue weighted by Crippen LogP contribution is 2.34. The van der Waals surface area contributed by atoms with Gasteiger partial charge in [-0.05, 0) is 56.8 Å². The van der Waals surface area contributed by atoms with Gasteiger partial charge in [-0.15, -0.1) is 0 Å². The topological polar surface area (TPSA) is 66.4 Å². The van der Waals surface area contributed by atoms with Gasteiger partial charge in [0.15, 0.2) is 0 Å². The first kappa shape index (κ1) is 15.5. The smallest absolute Gasteiger partial charge is 0.307 e. The van der Waals surface area contributed by atoms with E-state index in [1.54, 1.807) is 0 Å². The molecule has 1 amide bonds. The lowest BCUT2D eigenvalue weighted by atomic mass is 9.78. The number of rotatable bonds is 3. The standard InChI is InChI=1S/C14H15Br2NO3/c15-10-6-3-7-11(16)12(10)17-13(18)8-4-1-2-5-9(8)14(19)20/h3,6-9H,1-2,4-5H2,(H,17,18)(H,19,20)/t8-,9+/m1/s1. The van der Waals surface area contributed by atoms with Crippen molar-refractivity contribution in [2.24, 2.45) is 11.8 Å². The van der Waals surface area contributed by atoms with E-state index in [4.69, 9.17) is 0 Å². The van der Waals surface area contributed by atoms with Crippen LogP contribution in [0.25, 0.3) is 0 Å². The van der Waals surface area contributed by atoms with Crippen LogP contribution < -0.4 is 5.32 Å². The maximum atomic E-state index is 12.4. The number of carbonyl (C=O) groups is 2. The minimum atomic E-state index is -0.879. The van der Waals surface area contributed by atoms with Gasteiger partial charge in [-0.1, -0.05) is 18.9 Å². The molecular weight excluding hydrogens is 390 g/mol. The Hall–Kier alpha value is -0.880. The number of hydrogen-bond donors (Lipinski definition) is 2. The highest BCUT2D eigenvalue weighted by Gasteiger charge is 2.35. The number of carbonyl (C=O) groups excluding carboxylic acids is 1. The van der Waals surface area contributed by atoms with Crippen molar-refractivity contribution in [2.75, 3.05) is 5.32 Å². The van der Waals surface area contributed by atoms with Gasteiger partial charge < -0.3 is 10.4 Å². The van der Waals surface area contributed by atoms with E-state index in [1.165, 1.54) is 0 Å². The number of carboxylic acid groups (broad SMARTS) is 1. The van der Waals surface area contributed by atoms with Crippen molar-refractivity contribution < 1.29 is 14.7 Å². The maximum absolute atomic E-state index is 12.4. The third kappa shape index (κ3) is 3.41. The molecule has 108 valence electrons. The average Bonchev–Trinajstić information content (AvgIpc) is 2.43. The number of para-hydroxylation sites is 1. The summed E-state index contributed by atoms with van der Waals surface area (Å²) in [5, 5.41) is 12.1. The predicted molar refractivity (Wildman–Crippen MR) is 83.6 cm³/mol. The SMILES string of the molecule is O=C(O)[C@H]1CCCC[C@H]1C(=O)Nc1c(Br)cccc1Br. The van der Waals surface area contributed by atoms with Crippen molar-refractivity contribution in [2.45, 2.75) is 25.7 Å². The van der Waals surface area contributed by atoms with Gasteiger partial charge in [-0.3, -0.25) is 9.59 Å². The summed E-state index contributed by atoms with van der Waals surface area (Å²) in [6, 6.07) is 5.51. The number of anilines is 1. The van der Waals surface area contributed by atoms with Crippen molar-refractivity contribution in [3.05, 3.63) is 27.1 Å². The van der Waals surface area contributed by atoms with Gasteiger partial charge >= 0.3 is 5.97 Å². The van der Waals surface area contributed by atoms with Gasteiger partial charge in [0.1, 0.15) is 0 Å². The molecule has 1 aliphatic carbocycles. The fraction of sp³-hybridized carbons (Fsp3) is 0.429. The van der Waals surface area contributed by atoms with Crippen LogP contribution in [0.3, 0.4) is 0 Å². The van der Waals surface area contributed by atoms with Crippen molar-refractivity contribution in [1.29, 1.82) is 0 Å². The molecule has 1 saturated carbocycles. The first-order chi connectivity index (χ1) is 9.50. The van der Waals surface area contributed by atoms with Gasteiger partial charge in [0.2, 0.25) is 5.91 Å². The molecule has 2 N–H and O–H groups in total. The van der Waals surface area contributed by atoms with Gasteiger partial charge in [0.05, 0.1) is 17.5 Å². The largest absolute Gasteiger partial charge is 0.481 e. The predicted octanol–water partition coefficient (Wildman–Crippen LogP) is 4.04. The Morgan fingerprint density at radius 3 is 2.20 bits per heavy atom. The van der Waals surface area contributed by atoms with Gasteiger partial charge in [-0.2, -0.15) is 0 Å². The molecule has 20 heavy (non-hydrogen) atoms. The van der Waals surface area contributed by atoms with Crippen LogP contribution in [0.15, 0.2) is 27.1 Å². The van der Waals surface area contributed by atoms with E-state index in [9.17, 15) is 14.7 Å². The number of halogens is 2. The van der Waals surface area contributed by atoms with E-state index in [1.807, 2.05) is 18.2 Å². The van der Waals surface area contributed by atoms with E-state index in [0.717, 1.165) is 21.8 Å². The molecule has 0 saturated heterocycles. The molecule has 4 nitrogen and oxygen atoms in total. The summed E-state index contributed by atoms with van der Waals surface area (Å²) < 4.78 is 1.53. The second-order valence-corrected chi connectivity index (χ2v) is 6.63. The van der Waals surface area contributed by atoms with Gasteiger partial charge in [0, 0.05) is 8.95 Å². The van der Waals surface area contributed by atoms with Crippen molar-refractivity contribution in [3.8, 4) is 0 Å². The van der Waals surface area contributed by atoms with Crippen molar-refractivity contribution in [1.82, 2.24) is 0 Å². The molecule has 1 aliphatic rings. The molecule has 1 aromatic rings. The van der Waals surface area contributed by atoms with Gasteiger partial charge in [0.25, 0.3) is 0 Å². The van der Waals surface area contributed by atoms with Crippen LogP contribution in [0.4, 0.5) is 5.69 Å². The second kappa shape index (κ2) is 6.72. The number of amides is 1. The molecule has 1 fully saturated rings. The molecule has 0 heterocycles. The average molecular weight is 405 g/mol. The van der Waals surface area contributed by atoms with Crippen LogP contribution in [0.2, 0.25) is 0 Å². The lowest BCUT2D eigenvalue weighted by Crippen LogP contribution is -2.36. The zero-order chi connectivity index (χ0) is 14.7. The molecule has 6 heteroatoms. The number of aliphatic carboxylic acids is 1. The van der Waals surface area contributed by atoms with E-state index in [0.29, 0.717) is 18.5 Å². The Kier molecular flexibility index (Phi) is 5.21. The summed E-state index contributed by atoms with van der Waals surface area (Å²) in [7, 11) is 0. The second-order valence-electron chi connectivity index (χ2n) is 4.92. The zero-order valence-electron chi connectivity index (χ0n) is 10.7. The number of carboxylic acids is 1. The van der Waals surface area contributed by atoms with Crippen LogP contribution in [-0.4, -0.2) is 17.0 Å². The number of hydrogen-bond acceptors (Lipinski definition) is 2. The minimum absolute atomic E-state index is 0.218. The molecule has 0 aliphatic heterocycles. The zero-order valence-corrected chi connectivity index (χ0v) is 13.9. The van der Waals surface area contributed by atoms with Crippen molar-refractivity contribution in [3.63, 3.8) is 0 Å². The molecule has 0 unspecified atom stereocenters. The van der Waals surface area contributed by atoms with Crippen LogP contribution in [0.5, 0.6) is 0 Å². The Morgan fingerprint density at radius 2 is 1.65 bits per heavy atom. The third-order valence-electron chi connectivity index (χ3n) is 3.63. The Bertz CT molecular complexity index is 513. The van der Waals surface area contributed by atoms with Crippen LogP contribution in [0.1, 0.15) is 25.7 Å². The minimum Gasteiger partial charge on any atom is -0.481 e.